The highest BCUT2D eigenvalue weighted by molar-refractivity contribution is 6.02. The smallest absolute Gasteiger partial charge is 0.267 e. The number of H-pyrrole nitrogens is 1. The maximum absolute atomic E-state index is 13.3. The van der Waals surface area contributed by atoms with Gasteiger partial charge in [-0.2, -0.15) is 10.1 Å². The number of aromatic amines is 1. The van der Waals surface area contributed by atoms with Crippen LogP contribution in [-0.4, -0.2) is 31.8 Å². The topological polar surface area (TPSA) is 97.7 Å². The van der Waals surface area contributed by atoms with Gasteiger partial charge in [-0.25, -0.2) is 4.98 Å². The first-order valence-corrected chi connectivity index (χ1v) is 9.37. The molecule has 5 rings (SSSR count). The number of benzene rings is 2. The first-order chi connectivity index (χ1) is 14.6. The summed E-state index contributed by atoms with van der Waals surface area (Å²) in [4.78, 5) is 22.4. The SMILES string of the molecule is COc1ccc(Nc2ncc3c4n[nH]cc4c(=O)n(-c4cccc(C)c4)c3n2)cc1. The van der Waals surface area contributed by atoms with Crippen molar-refractivity contribution in [2.45, 2.75) is 6.92 Å². The number of pyridine rings is 1. The van der Waals surface area contributed by atoms with Gasteiger partial charge >= 0.3 is 0 Å². The van der Waals surface area contributed by atoms with E-state index in [2.05, 4.69) is 25.5 Å². The van der Waals surface area contributed by atoms with Crippen molar-refractivity contribution in [3.8, 4) is 11.4 Å². The van der Waals surface area contributed by atoms with Gasteiger partial charge in [0.05, 0.1) is 23.6 Å². The standard InChI is InChI=1S/C22H18N6O2/c1-13-4-3-5-15(10-13)28-20-17(19-18(21(28)29)12-24-27-19)11-23-22(26-20)25-14-6-8-16(30-2)9-7-14/h3-12H,1-2H3,(H,24,27)(H,23,25,26). The lowest BCUT2D eigenvalue weighted by molar-refractivity contribution is 0.415. The lowest BCUT2D eigenvalue weighted by atomic mass is 10.2. The molecule has 3 heterocycles. The maximum Gasteiger partial charge on any atom is 0.267 e. The van der Waals surface area contributed by atoms with E-state index in [1.807, 2.05) is 55.5 Å². The molecule has 2 N–H and O–H groups in total. The third-order valence-electron chi connectivity index (χ3n) is 4.92. The van der Waals surface area contributed by atoms with E-state index >= 15 is 0 Å². The van der Waals surface area contributed by atoms with Crippen LogP contribution in [0.2, 0.25) is 0 Å². The second kappa shape index (κ2) is 7.00. The number of fused-ring (bicyclic) bond motifs is 3. The van der Waals surface area contributed by atoms with Crippen LogP contribution in [0, 0.1) is 6.92 Å². The number of hydrogen-bond donors (Lipinski definition) is 2. The van der Waals surface area contributed by atoms with Crippen LogP contribution in [0.1, 0.15) is 5.56 Å². The lowest BCUT2D eigenvalue weighted by Gasteiger charge is -2.12. The monoisotopic (exact) mass is 398 g/mol. The van der Waals surface area contributed by atoms with Crippen molar-refractivity contribution in [3.63, 3.8) is 0 Å². The van der Waals surface area contributed by atoms with Crippen molar-refractivity contribution in [2.24, 2.45) is 0 Å². The molecule has 3 aromatic heterocycles. The summed E-state index contributed by atoms with van der Waals surface area (Å²) in [5.74, 6) is 1.14. The number of methoxy groups -OCH3 is 1. The molecule has 0 fully saturated rings. The van der Waals surface area contributed by atoms with Crippen LogP contribution in [-0.2, 0) is 0 Å². The zero-order valence-corrected chi connectivity index (χ0v) is 16.4. The average molecular weight is 398 g/mol. The molecule has 0 saturated carbocycles. The third-order valence-corrected chi connectivity index (χ3v) is 4.92. The number of aromatic nitrogens is 5. The molecule has 2 aromatic carbocycles. The van der Waals surface area contributed by atoms with Gasteiger partial charge in [0.2, 0.25) is 5.95 Å². The summed E-state index contributed by atoms with van der Waals surface area (Å²) in [5, 5.41) is 11.4. The van der Waals surface area contributed by atoms with E-state index in [9.17, 15) is 4.79 Å². The number of aryl methyl sites for hydroxylation is 1. The second-order valence-corrected chi connectivity index (χ2v) is 6.91. The predicted octanol–water partition coefficient (Wildman–Crippen LogP) is 3.72. The molecular weight excluding hydrogens is 380 g/mol. The molecule has 30 heavy (non-hydrogen) atoms. The molecule has 0 aliphatic carbocycles. The zero-order valence-electron chi connectivity index (χ0n) is 16.4. The molecule has 8 nitrogen and oxygen atoms in total. The molecule has 0 saturated heterocycles. The molecule has 0 unspecified atom stereocenters. The average Bonchev–Trinajstić information content (AvgIpc) is 3.25. The summed E-state index contributed by atoms with van der Waals surface area (Å²) in [6.07, 6.45) is 3.29. The van der Waals surface area contributed by atoms with Crippen molar-refractivity contribution in [2.75, 3.05) is 12.4 Å². The number of rotatable bonds is 4. The van der Waals surface area contributed by atoms with Crippen molar-refractivity contribution in [3.05, 3.63) is 76.8 Å². The minimum Gasteiger partial charge on any atom is -0.497 e. The molecule has 0 spiro atoms. The van der Waals surface area contributed by atoms with Crippen LogP contribution in [0.3, 0.4) is 0 Å². The molecule has 148 valence electrons. The molecule has 0 aliphatic heterocycles. The first-order valence-electron chi connectivity index (χ1n) is 9.37. The van der Waals surface area contributed by atoms with Gasteiger partial charge in [-0.1, -0.05) is 12.1 Å². The van der Waals surface area contributed by atoms with Crippen LogP contribution in [0.4, 0.5) is 11.6 Å². The Bertz CT molecular complexity index is 1440. The molecular formula is C22H18N6O2. The molecule has 0 atom stereocenters. The van der Waals surface area contributed by atoms with Crippen molar-refractivity contribution in [1.29, 1.82) is 0 Å². The Morgan fingerprint density at radius 2 is 1.93 bits per heavy atom. The molecule has 0 radical (unpaired) electrons. The fraction of sp³-hybridized carbons (Fsp3) is 0.0909. The second-order valence-electron chi connectivity index (χ2n) is 6.91. The van der Waals surface area contributed by atoms with E-state index < -0.39 is 0 Å². The lowest BCUT2D eigenvalue weighted by Crippen LogP contribution is -2.20. The van der Waals surface area contributed by atoms with Gasteiger partial charge in [0.1, 0.15) is 11.3 Å². The van der Waals surface area contributed by atoms with Gasteiger partial charge < -0.3 is 10.1 Å². The fourth-order valence-corrected chi connectivity index (χ4v) is 3.46. The summed E-state index contributed by atoms with van der Waals surface area (Å²) >= 11 is 0. The number of hydrogen-bond acceptors (Lipinski definition) is 6. The van der Waals surface area contributed by atoms with Crippen molar-refractivity contribution < 1.29 is 4.74 Å². The Hall–Kier alpha value is -4.20. The quantitative estimate of drug-likeness (QED) is 0.479. The number of nitrogens with zero attached hydrogens (tertiary/aromatic N) is 4. The Kier molecular flexibility index (Phi) is 4.17. The van der Waals surface area contributed by atoms with Crippen LogP contribution < -0.4 is 15.6 Å². The van der Waals surface area contributed by atoms with Crippen LogP contribution in [0.5, 0.6) is 5.75 Å². The Labute approximate surface area is 171 Å². The summed E-state index contributed by atoms with van der Waals surface area (Å²) in [5.41, 5.74) is 3.44. The van der Waals surface area contributed by atoms with Gasteiger partial charge in [0.15, 0.2) is 5.65 Å². The summed E-state index contributed by atoms with van der Waals surface area (Å²) < 4.78 is 6.79. The largest absolute Gasteiger partial charge is 0.497 e. The van der Waals surface area contributed by atoms with Gasteiger partial charge in [0.25, 0.3) is 5.56 Å². The number of nitrogens with one attached hydrogen (secondary N) is 2. The molecule has 0 bridgehead atoms. The van der Waals surface area contributed by atoms with E-state index in [1.54, 1.807) is 24.1 Å². The van der Waals surface area contributed by atoms with Gasteiger partial charge in [-0.05, 0) is 48.9 Å². The number of anilines is 2. The van der Waals surface area contributed by atoms with Crippen LogP contribution in [0.25, 0.3) is 27.6 Å². The van der Waals surface area contributed by atoms with E-state index in [1.165, 1.54) is 0 Å². The molecule has 8 heteroatoms. The molecule has 0 aliphatic rings. The van der Waals surface area contributed by atoms with E-state index in [-0.39, 0.29) is 5.56 Å². The van der Waals surface area contributed by atoms with Crippen LogP contribution >= 0.6 is 0 Å². The van der Waals surface area contributed by atoms with E-state index in [0.717, 1.165) is 22.7 Å². The fourth-order valence-electron chi connectivity index (χ4n) is 3.46. The summed E-state index contributed by atoms with van der Waals surface area (Å²) in [7, 11) is 1.62. The molecule has 0 amide bonds. The normalized spacial score (nSPS) is 11.1. The highest BCUT2D eigenvalue weighted by Crippen LogP contribution is 2.24. The Morgan fingerprint density at radius 1 is 1.10 bits per heavy atom. The minimum atomic E-state index is -0.189. The Morgan fingerprint density at radius 3 is 2.70 bits per heavy atom. The van der Waals surface area contributed by atoms with Crippen LogP contribution in [0.15, 0.2) is 65.7 Å². The predicted molar refractivity (Wildman–Crippen MR) is 116 cm³/mol. The van der Waals surface area contributed by atoms with E-state index in [0.29, 0.717) is 27.9 Å². The minimum absolute atomic E-state index is 0.189. The maximum atomic E-state index is 13.3. The highest BCUT2D eigenvalue weighted by atomic mass is 16.5. The first kappa shape index (κ1) is 17.9. The number of ether oxygens (including phenoxy) is 1. The van der Waals surface area contributed by atoms with Crippen molar-refractivity contribution >= 4 is 33.6 Å². The zero-order chi connectivity index (χ0) is 20.7. The van der Waals surface area contributed by atoms with E-state index in [4.69, 9.17) is 4.74 Å². The van der Waals surface area contributed by atoms with Gasteiger partial charge in [-0.15, -0.1) is 0 Å². The van der Waals surface area contributed by atoms with Gasteiger partial charge in [0, 0.05) is 18.1 Å². The third kappa shape index (κ3) is 2.95. The summed E-state index contributed by atoms with van der Waals surface area (Å²) in [6.45, 7) is 1.98. The highest BCUT2D eigenvalue weighted by Gasteiger charge is 2.16. The summed E-state index contributed by atoms with van der Waals surface area (Å²) in [6, 6.07) is 15.2. The molecule has 5 aromatic rings. The van der Waals surface area contributed by atoms with Crippen molar-refractivity contribution in [1.82, 2.24) is 24.7 Å². The Balaban J connectivity index is 1.72. The van der Waals surface area contributed by atoms with Gasteiger partial charge in [-0.3, -0.25) is 14.5 Å².